The van der Waals surface area contributed by atoms with E-state index in [-0.39, 0.29) is 10.9 Å². The molecule has 6 nitrogen and oxygen atoms in total. The number of anilines is 2. The number of nitrogens with two attached hydrogens (primary N) is 1. The minimum Gasteiger partial charge on any atom is -0.399 e. The second-order valence-corrected chi connectivity index (χ2v) is 6.58. The second-order valence-electron chi connectivity index (χ2n) is 4.93. The molecule has 0 saturated heterocycles. The van der Waals surface area contributed by atoms with Gasteiger partial charge in [-0.25, -0.2) is 8.42 Å². The first-order valence-corrected chi connectivity index (χ1v) is 7.71. The molecule has 7 heteroatoms. The Morgan fingerprint density at radius 3 is 2.60 bits per heavy atom. The lowest BCUT2D eigenvalue weighted by atomic mass is 10.2. The van der Waals surface area contributed by atoms with E-state index in [9.17, 15) is 8.42 Å². The van der Waals surface area contributed by atoms with E-state index in [1.807, 2.05) is 13.8 Å². The maximum absolute atomic E-state index is 12.3. The monoisotopic (exact) mass is 294 g/mol. The molecule has 0 radical (unpaired) electrons. The fourth-order valence-corrected chi connectivity index (χ4v) is 3.11. The molecule has 0 saturated carbocycles. The van der Waals surface area contributed by atoms with Crippen molar-refractivity contribution in [3.05, 3.63) is 36.2 Å². The van der Waals surface area contributed by atoms with Gasteiger partial charge in [-0.2, -0.15) is 5.10 Å². The minimum absolute atomic E-state index is 0.173. The number of aromatic nitrogens is 2. The van der Waals surface area contributed by atoms with Crippen LogP contribution in [0.2, 0.25) is 0 Å². The van der Waals surface area contributed by atoms with E-state index in [4.69, 9.17) is 5.73 Å². The van der Waals surface area contributed by atoms with Gasteiger partial charge in [0, 0.05) is 17.9 Å². The Bertz CT molecular complexity index is 720. The maximum atomic E-state index is 12.3. The SMILES string of the molecule is Cc1cc(N)ccc1S(=O)(=O)Nc1cnn(C(C)C)c1. The fourth-order valence-electron chi connectivity index (χ4n) is 1.86. The van der Waals surface area contributed by atoms with E-state index in [1.165, 1.54) is 12.3 Å². The van der Waals surface area contributed by atoms with Crippen molar-refractivity contribution >= 4 is 21.4 Å². The summed E-state index contributed by atoms with van der Waals surface area (Å²) in [5.41, 5.74) is 7.21. The predicted molar refractivity (Wildman–Crippen MR) is 79.0 cm³/mol. The van der Waals surface area contributed by atoms with Gasteiger partial charge in [0.05, 0.1) is 16.8 Å². The minimum atomic E-state index is -3.63. The van der Waals surface area contributed by atoms with Gasteiger partial charge in [0.2, 0.25) is 0 Å². The number of aryl methyl sites for hydroxylation is 1. The van der Waals surface area contributed by atoms with Crippen molar-refractivity contribution in [1.29, 1.82) is 0 Å². The fraction of sp³-hybridized carbons (Fsp3) is 0.308. The molecule has 3 N–H and O–H groups in total. The lowest BCUT2D eigenvalue weighted by molar-refractivity contribution is 0.532. The summed E-state index contributed by atoms with van der Waals surface area (Å²) in [5.74, 6) is 0. The summed E-state index contributed by atoms with van der Waals surface area (Å²) in [7, 11) is -3.63. The molecule has 0 aliphatic rings. The lowest BCUT2D eigenvalue weighted by Gasteiger charge is -2.09. The van der Waals surface area contributed by atoms with Crippen LogP contribution in [0.1, 0.15) is 25.5 Å². The molecule has 1 aromatic carbocycles. The smallest absolute Gasteiger partial charge is 0.262 e. The van der Waals surface area contributed by atoms with Crippen molar-refractivity contribution in [3.63, 3.8) is 0 Å². The third kappa shape index (κ3) is 2.93. The van der Waals surface area contributed by atoms with E-state index in [0.29, 0.717) is 16.9 Å². The number of nitrogens with one attached hydrogen (secondary N) is 1. The number of benzene rings is 1. The Hall–Kier alpha value is -2.02. The Labute approximate surface area is 118 Å². The van der Waals surface area contributed by atoms with Crippen LogP contribution in [-0.4, -0.2) is 18.2 Å². The Morgan fingerprint density at radius 1 is 1.35 bits per heavy atom. The van der Waals surface area contributed by atoms with Gasteiger partial charge in [-0.3, -0.25) is 9.40 Å². The van der Waals surface area contributed by atoms with Crippen LogP contribution in [0.3, 0.4) is 0 Å². The van der Waals surface area contributed by atoms with Crippen LogP contribution in [0.4, 0.5) is 11.4 Å². The van der Waals surface area contributed by atoms with Crippen molar-refractivity contribution in [3.8, 4) is 0 Å². The molecule has 2 aromatic rings. The molecule has 0 aliphatic carbocycles. The average molecular weight is 294 g/mol. The van der Waals surface area contributed by atoms with Crippen LogP contribution >= 0.6 is 0 Å². The molecule has 0 spiro atoms. The van der Waals surface area contributed by atoms with Crippen molar-refractivity contribution < 1.29 is 8.42 Å². The number of nitrogen functional groups attached to an aromatic ring is 1. The molecular weight excluding hydrogens is 276 g/mol. The molecule has 20 heavy (non-hydrogen) atoms. The first kappa shape index (κ1) is 14.4. The maximum Gasteiger partial charge on any atom is 0.262 e. The van der Waals surface area contributed by atoms with Crippen molar-refractivity contribution in [2.24, 2.45) is 0 Å². The average Bonchev–Trinajstić information content (AvgIpc) is 2.76. The van der Waals surface area contributed by atoms with Gasteiger partial charge in [-0.15, -0.1) is 0 Å². The number of hydrogen-bond donors (Lipinski definition) is 2. The quantitative estimate of drug-likeness (QED) is 0.845. The Balaban J connectivity index is 2.30. The zero-order chi connectivity index (χ0) is 14.9. The molecule has 0 unspecified atom stereocenters. The number of sulfonamides is 1. The number of hydrogen-bond acceptors (Lipinski definition) is 4. The third-order valence-corrected chi connectivity index (χ3v) is 4.41. The van der Waals surface area contributed by atoms with Crippen LogP contribution in [-0.2, 0) is 10.0 Å². The molecular formula is C13H18N4O2S. The zero-order valence-corrected chi connectivity index (χ0v) is 12.5. The highest BCUT2D eigenvalue weighted by atomic mass is 32.2. The highest BCUT2D eigenvalue weighted by molar-refractivity contribution is 7.92. The summed E-state index contributed by atoms with van der Waals surface area (Å²) in [6.45, 7) is 5.65. The first-order valence-electron chi connectivity index (χ1n) is 6.22. The molecule has 108 valence electrons. The Kier molecular flexibility index (Phi) is 3.71. The van der Waals surface area contributed by atoms with Gasteiger partial charge in [0.25, 0.3) is 10.0 Å². The molecule has 1 aromatic heterocycles. The predicted octanol–water partition coefficient (Wildman–Crippen LogP) is 2.16. The van der Waals surface area contributed by atoms with Gasteiger partial charge in [0.15, 0.2) is 0 Å². The van der Waals surface area contributed by atoms with Gasteiger partial charge in [-0.1, -0.05) is 0 Å². The van der Waals surface area contributed by atoms with Crippen molar-refractivity contribution in [2.45, 2.75) is 31.7 Å². The van der Waals surface area contributed by atoms with Gasteiger partial charge in [-0.05, 0) is 44.5 Å². The van der Waals surface area contributed by atoms with Crippen molar-refractivity contribution in [1.82, 2.24) is 9.78 Å². The summed E-state index contributed by atoms with van der Waals surface area (Å²) in [6.07, 6.45) is 3.15. The lowest BCUT2D eigenvalue weighted by Crippen LogP contribution is -2.14. The molecule has 2 rings (SSSR count). The summed E-state index contributed by atoms with van der Waals surface area (Å²) >= 11 is 0. The second kappa shape index (κ2) is 5.16. The zero-order valence-electron chi connectivity index (χ0n) is 11.7. The van der Waals surface area contributed by atoms with E-state index in [1.54, 1.807) is 29.9 Å². The first-order chi connectivity index (χ1) is 9.29. The molecule has 0 fully saturated rings. The van der Waals surface area contributed by atoms with Gasteiger partial charge < -0.3 is 5.73 Å². The van der Waals surface area contributed by atoms with Crippen LogP contribution in [0, 0.1) is 6.92 Å². The van der Waals surface area contributed by atoms with Crippen molar-refractivity contribution in [2.75, 3.05) is 10.5 Å². The number of rotatable bonds is 4. The molecule has 0 amide bonds. The van der Waals surface area contributed by atoms with E-state index < -0.39 is 10.0 Å². The molecule has 0 aliphatic heterocycles. The van der Waals surface area contributed by atoms with Crippen LogP contribution in [0.15, 0.2) is 35.5 Å². The van der Waals surface area contributed by atoms with Crippen LogP contribution in [0.5, 0.6) is 0 Å². The highest BCUT2D eigenvalue weighted by Gasteiger charge is 2.17. The summed E-state index contributed by atoms with van der Waals surface area (Å²) in [6, 6.07) is 4.87. The topological polar surface area (TPSA) is 90.0 Å². The largest absolute Gasteiger partial charge is 0.399 e. The number of nitrogens with zero attached hydrogens (tertiary/aromatic N) is 2. The third-order valence-electron chi connectivity index (χ3n) is 2.87. The molecule has 0 atom stereocenters. The highest BCUT2D eigenvalue weighted by Crippen LogP contribution is 2.21. The summed E-state index contributed by atoms with van der Waals surface area (Å²) in [5, 5.41) is 4.10. The van der Waals surface area contributed by atoms with E-state index in [2.05, 4.69) is 9.82 Å². The van der Waals surface area contributed by atoms with E-state index >= 15 is 0 Å². The standard InChI is InChI=1S/C13H18N4O2S/c1-9(2)17-8-12(7-15-17)16-20(18,19)13-5-4-11(14)6-10(13)3/h4-9,16H,14H2,1-3H3. The van der Waals surface area contributed by atoms with E-state index in [0.717, 1.165) is 0 Å². The summed E-state index contributed by atoms with van der Waals surface area (Å²) < 4.78 is 28.9. The van der Waals surface area contributed by atoms with Gasteiger partial charge >= 0.3 is 0 Å². The summed E-state index contributed by atoms with van der Waals surface area (Å²) in [4.78, 5) is 0.212. The normalized spacial score (nSPS) is 11.8. The molecule has 1 heterocycles. The van der Waals surface area contributed by atoms with Crippen LogP contribution in [0.25, 0.3) is 0 Å². The van der Waals surface area contributed by atoms with Crippen LogP contribution < -0.4 is 10.5 Å². The molecule has 0 bridgehead atoms. The Morgan fingerprint density at radius 2 is 2.05 bits per heavy atom. The van der Waals surface area contributed by atoms with Gasteiger partial charge in [0.1, 0.15) is 0 Å².